The van der Waals surface area contributed by atoms with Crippen LogP contribution >= 0.6 is 11.6 Å². The lowest BCUT2D eigenvalue weighted by Gasteiger charge is -2.16. The summed E-state index contributed by atoms with van der Waals surface area (Å²) >= 11 is 6.01. The van der Waals surface area contributed by atoms with Crippen molar-refractivity contribution >= 4 is 23.7 Å². The molecule has 2 aromatic carbocycles. The summed E-state index contributed by atoms with van der Waals surface area (Å²) in [4.78, 5) is 25.4. The van der Waals surface area contributed by atoms with Crippen LogP contribution in [0.15, 0.2) is 54.6 Å². The topological polar surface area (TPSA) is 66.8 Å². The van der Waals surface area contributed by atoms with Crippen molar-refractivity contribution < 1.29 is 19.4 Å². The van der Waals surface area contributed by atoms with Crippen LogP contribution in [0.2, 0.25) is 5.02 Å². The summed E-state index contributed by atoms with van der Waals surface area (Å²) in [7, 11) is 0. The number of amides is 1. The molecule has 0 radical (unpaired) electrons. The Kier molecular flexibility index (Phi) is 5.24. The van der Waals surface area contributed by atoms with Crippen LogP contribution in [0.1, 0.15) is 17.0 Å². The number of halogens is 1. The fourth-order valence-corrected chi connectivity index (χ4v) is 3.29. The van der Waals surface area contributed by atoms with Crippen LogP contribution in [0.25, 0.3) is 0 Å². The van der Waals surface area contributed by atoms with Gasteiger partial charge in [-0.2, -0.15) is 0 Å². The van der Waals surface area contributed by atoms with Crippen molar-refractivity contribution in [2.75, 3.05) is 13.1 Å². The Morgan fingerprint density at radius 3 is 2.56 bits per heavy atom. The van der Waals surface area contributed by atoms with Gasteiger partial charge in [0.1, 0.15) is 6.61 Å². The van der Waals surface area contributed by atoms with E-state index < -0.39 is 18.0 Å². The van der Waals surface area contributed by atoms with Gasteiger partial charge in [-0.3, -0.25) is 4.79 Å². The molecule has 1 amide bonds. The van der Waals surface area contributed by atoms with Gasteiger partial charge in [0.15, 0.2) is 0 Å². The fourth-order valence-electron chi connectivity index (χ4n) is 3.09. The SMILES string of the molecule is O=C(O)[C@@H]1CN(C(=O)OCc2ccccc2)C[C@H]1c1cccc(Cl)c1. The molecule has 2 atom stereocenters. The minimum atomic E-state index is -0.927. The van der Waals surface area contributed by atoms with Gasteiger partial charge in [-0.05, 0) is 23.3 Å². The van der Waals surface area contributed by atoms with E-state index in [0.29, 0.717) is 11.6 Å². The molecular formula is C19H18ClNO4. The molecule has 6 heteroatoms. The van der Waals surface area contributed by atoms with Gasteiger partial charge in [-0.25, -0.2) is 4.79 Å². The van der Waals surface area contributed by atoms with E-state index in [9.17, 15) is 14.7 Å². The number of hydrogen-bond acceptors (Lipinski definition) is 3. The Labute approximate surface area is 150 Å². The molecule has 5 nitrogen and oxygen atoms in total. The number of nitrogens with zero attached hydrogens (tertiary/aromatic N) is 1. The van der Waals surface area contributed by atoms with Crippen LogP contribution in [-0.2, 0) is 16.1 Å². The molecule has 1 aliphatic rings. The first-order valence-electron chi connectivity index (χ1n) is 7.98. The van der Waals surface area contributed by atoms with E-state index in [1.165, 1.54) is 4.90 Å². The van der Waals surface area contributed by atoms with E-state index in [1.54, 1.807) is 18.2 Å². The van der Waals surface area contributed by atoms with Gasteiger partial charge >= 0.3 is 12.1 Å². The minimum Gasteiger partial charge on any atom is -0.481 e. The first-order chi connectivity index (χ1) is 12.0. The number of benzene rings is 2. The number of carbonyl (C=O) groups is 2. The van der Waals surface area contributed by atoms with Crippen LogP contribution in [0.3, 0.4) is 0 Å². The van der Waals surface area contributed by atoms with Gasteiger partial charge in [0, 0.05) is 24.0 Å². The number of likely N-dealkylation sites (tertiary alicyclic amines) is 1. The van der Waals surface area contributed by atoms with Crippen molar-refractivity contribution in [2.24, 2.45) is 5.92 Å². The van der Waals surface area contributed by atoms with Crippen molar-refractivity contribution in [1.29, 1.82) is 0 Å². The molecule has 0 bridgehead atoms. The quantitative estimate of drug-likeness (QED) is 0.902. The van der Waals surface area contributed by atoms with Gasteiger partial charge in [0.25, 0.3) is 0 Å². The van der Waals surface area contributed by atoms with Gasteiger partial charge in [0.2, 0.25) is 0 Å². The highest BCUT2D eigenvalue weighted by molar-refractivity contribution is 6.30. The number of hydrogen-bond donors (Lipinski definition) is 1. The number of carboxylic acids is 1. The third-order valence-electron chi connectivity index (χ3n) is 4.38. The van der Waals surface area contributed by atoms with Crippen molar-refractivity contribution in [3.05, 3.63) is 70.7 Å². The predicted molar refractivity (Wildman–Crippen MR) is 93.5 cm³/mol. The summed E-state index contributed by atoms with van der Waals surface area (Å²) in [5, 5.41) is 10.1. The molecule has 0 unspecified atom stereocenters. The van der Waals surface area contributed by atoms with E-state index in [1.807, 2.05) is 36.4 Å². The maximum Gasteiger partial charge on any atom is 0.410 e. The molecule has 25 heavy (non-hydrogen) atoms. The normalized spacial score (nSPS) is 19.6. The molecule has 0 aliphatic carbocycles. The monoisotopic (exact) mass is 359 g/mol. The second-order valence-corrected chi connectivity index (χ2v) is 6.49. The molecule has 0 spiro atoms. The average molecular weight is 360 g/mol. The maximum atomic E-state index is 12.3. The van der Waals surface area contributed by atoms with Gasteiger partial charge in [-0.15, -0.1) is 0 Å². The molecule has 0 aromatic heterocycles. The first-order valence-corrected chi connectivity index (χ1v) is 8.36. The van der Waals surface area contributed by atoms with E-state index in [-0.39, 0.29) is 19.1 Å². The van der Waals surface area contributed by atoms with Crippen LogP contribution in [0.4, 0.5) is 4.79 Å². The van der Waals surface area contributed by atoms with Gasteiger partial charge in [0.05, 0.1) is 5.92 Å². The average Bonchev–Trinajstić information content (AvgIpc) is 3.06. The van der Waals surface area contributed by atoms with Gasteiger partial charge < -0.3 is 14.7 Å². The summed E-state index contributed by atoms with van der Waals surface area (Å²) < 4.78 is 5.32. The molecule has 1 heterocycles. The Hall–Kier alpha value is -2.53. The van der Waals surface area contributed by atoms with Crippen LogP contribution in [0.5, 0.6) is 0 Å². The lowest BCUT2D eigenvalue weighted by atomic mass is 9.89. The lowest BCUT2D eigenvalue weighted by Crippen LogP contribution is -2.30. The molecule has 1 fully saturated rings. The standard InChI is InChI=1S/C19H18ClNO4/c20-15-8-4-7-14(9-15)16-10-21(11-17(16)18(22)23)19(24)25-12-13-5-2-1-3-6-13/h1-9,16-17H,10-12H2,(H,22,23)/t16-,17+/m0/s1. The summed E-state index contributed by atoms with van der Waals surface area (Å²) in [6, 6.07) is 16.5. The van der Waals surface area contributed by atoms with Crippen molar-refractivity contribution in [1.82, 2.24) is 4.90 Å². The molecule has 130 valence electrons. The molecule has 1 aliphatic heterocycles. The Morgan fingerprint density at radius 2 is 1.88 bits per heavy atom. The molecule has 0 saturated carbocycles. The van der Waals surface area contributed by atoms with Crippen LogP contribution in [-0.4, -0.2) is 35.2 Å². The largest absolute Gasteiger partial charge is 0.481 e. The van der Waals surface area contributed by atoms with Gasteiger partial charge in [-0.1, -0.05) is 54.1 Å². The van der Waals surface area contributed by atoms with Crippen molar-refractivity contribution in [3.63, 3.8) is 0 Å². The third-order valence-corrected chi connectivity index (χ3v) is 4.61. The highest BCUT2D eigenvalue weighted by Crippen LogP contribution is 2.34. The highest BCUT2D eigenvalue weighted by atomic mass is 35.5. The van der Waals surface area contributed by atoms with E-state index in [4.69, 9.17) is 16.3 Å². The molecular weight excluding hydrogens is 342 g/mol. The van der Waals surface area contributed by atoms with Crippen LogP contribution in [0, 0.1) is 5.92 Å². The van der Waals surface area contributed by atoms with E-state index in [2.05, 4.69) is 0 Å². The number of carbonyl (C=O) groups excluding carboxylic acids is 1. The second kappa shape index (κ2) is 7.57. The predicted octanol–water partition coefficient (Wildman–Crippen LogP) is 3.78. The highest BCUT2D eigenvalue weighted by Gasteiger charge is 2.41. The Balaban J connectivity index is 1.69. The van der Waals surface area contributed by atoms with E-state index >= 15 is 0 Å². The van der Waals surface area contributed by atoms with Crippen molar-refractivity contribution in [2.45, 2.75) is 12.5 Å². The zero-order valence-corrected chi connectivity index (χ0v) is 14.2. The smallest absolute Gasteiger partial charge is 0.410 e. The molecule has 1 saturated heterocycles. The number of carboxylic acid groups (broad SMARTS) is 1. The number of rotatable bonds is 4. The maximum absolute atomic E-state index is 12.3. The number of aliphatic carboxylic acids is 1. The summed E-state index contributed by atoms with van der Waals surface area (Å²) in [5.41, 5.74) is 1.70. The van der Waals surface area contributed by atoms with Crippen molar-refractivity contribution in [3.8, 4) is 0 Å². The third kappa shape index (κ3) is 4.12. The molecule has 1 N–H and O–H groups in total. The number of ether oxygens (including phenoxy) is 1. The molecule has 2 aromatic rings. The Morgan fingerprint density at radius 1 is 1.12 bits per heavy atom. The summed E-state index contributed by atoms with van der Waals surface area (Å²) in [6.45, 7) is 0.584. The second-order valence-electron chi connectivity index (χ2n) is 6.05. The fraction of sp³-hybridized carbons (Fsp3) is 0.263. The van der Waals surface area contributed by atoms with Crippen LogP contribution < -0.4 is 0 Å². The zero-order chi connectivity index (χ0) is 17.8. The lowest BCUT2D eigenvalue weighted by molar-refractivity contribution is -0.141. The van der Waals surface area contributed by atoms with E-state index in [0.717, 1.165) is 11.1 Å². The zero-order valence-electron chi connectivity index (χ0n) is 13.5. The molecule has 3 rings (SSSR count). The summed E-state index contributed by atoms with van der Waals surface area (Å²) in [5.74, 6) is -1.91. The Bertz CT molecular complexity index is 765. The first kappa shape index (κ1) is 17.3. The summed E-state index contributed by atoms with van der Waals surface area (Å²) in [6.07, 6.45) is -0.500. The minimum absolute atomic E-state index is 0.125.